The van der Waals surface area contributed by atoms with Crippen LogP contribution in [-0.2, 0) is 9.59 Å². The summed E-state index contributed by atoms with van der Waals surface area (Å²) in [6.45, 7) is 6.81. The first-order valence-corrected chi connectivity index (χ1v) is 6.60. The molecule has 1 saturated heterocycles. The zero-order chi connectivity index (χ0) is 15.6. The molecule has 0 aromatic heterocycles. The third kappa shape index (κ3) is 5.79. The highest BCUT2D eigenvalue weighted by Crippen LogP contribution is 2.22. The summed E-state index contributed by atoms with van der Waals surface area (Å²) in [5, 5.41) is 0. The molecule has 0 aromatic carbocycles. The summed E-state index contributed by atoms with van der Waals surface area (Å²) >= 11 is 0. The summed E-state index contributed by atoms with van der Waals surface area (Å²) < 4.78 is 36.4. The Kier molecular flexibility index (Phi) is 5.05. The largest absolute Gasteiger partial charge is 0.397 e. The molecule has 0 aliphatic carbocycles. The standard InChI is InChI=1S/C13H21F3N2O2/c1-12(2,3)8-10(19)17-4-6-18(7-5-17)11(20)9-13(14,15)16/h4-9H2,1-3H3. The van der Waals surface area contributed by atoms with Crippen molar-refractivity contribution in [1.29, 1.82) is 0 Å². The van der Waals surface area contributed by atoms with Crippen LogP contribution in [-0.4, -0.2) is 54.0 Å². The van der Waals surface area contributed by atoms with Gasteiger partial charge >= 0.3 is 6.18 Å². The van der Waals surface area contributed by atoms with Crippen molar-refractivity contribution < 1.29 is 22.8 Å². The summed E-state index contributed by atoms with van der Waals surface area (Å²) in [6.07, 6.45) is -5.51. The van der Waals surface area contributed by atoms with E-state index in [2.05, 4.69) is 0 Å². The lowest BCUT2D eigenvalue weighted by Gasteiger charge is -2.36. The number of halogens is 3. The highest BCUT2D eigenvalue weighted by atomic mass is 19.4. The molecule has 1 fully saturated rings. The normalized spacial score (nSPS) is 17.3. The lowest BCUT2D eigenvalue weighted by atomic mass is 9.91. The van der Waals surface area contributed by atoms with Crippen molar-refractivity contribution in [2.24, 2.45) is 5.41 Å². The van der Waals surface area contributed by atoms with Crippen molar-refractivity contribution in [1.82, 2.24) is 9.80 Å². The van der Waals surface area contributed by atoms with E-state index >= 15 is 0 Å². The summed E-state index contributed by atoms with van der Waals surface area (Å²) in [6, 6.07) is 0. The molecular weight excluding hydrogens is 273 g/mol. The van der Waals surface area contributed by atoms with E-state index in [4.69, 9.17) is 0 Å². The molecule has 4 nitrogen and oxygen atoms in total. The molecule has 116 valence electrons. The lowest BCUT2D eigenvalue weighted by molar-refractivity contribution is -0.163. The fourth-order valence-electron chi connectivity index (χ4n) is 2.05. The molecule has 1 aliphatic heterocycles. The molecule has 0 bridgehead atoms. The number of carbonyl (C=O) groups excluding carboxylic acids is 2. The first kappa shape index (κ1) is 16.8. The first-order valence-electron chi connectivity index (χ1n) is 6.60. The second-order valence-corrected chi connectivity index (χ2v) is 6.29. The maximum Gasteiger partial charge on any atom is 0.397 e. The second-order valence-electron chi connectivity index (χ2n) is 6.29. The number of nitrogens with zero attached hydrogens (tertiary/aromatic N) is 2. The Hall–Kier alpha value is -1.27. The SMILES string of the molecule is CC(C)(C)CC(=O)N1CCN(C(=O)CC(F)(F)F)CC1. The fourth-order valence-corrected chi connectivity index (χ4v) is 2.05. The molecule has 1 heterocycles. The Morgan fingerprint density at radius 1 is 0.850 bits per heavy atom. The van der Waals surface area contributed by atoms with E-state index in [1.165, 1.54) is 4.90 Å². The number of hydrogen-bond donors (Lipinski definition) is 0. The molecule has 7 heteroatoms. The van der Waals surface area contributed by atoms with Crippen LogP contribution in [0, 0.1) is 5.41 Å². The Labute approximate surface area is 116 Å². The van der Waals surface area contributed by atoms with Crippen LogP contribution >= 0.6 is 0 Å². The van der Waals surface area contributed by atoms with E-state index in [0.29, 0.717) is 19.5 Å². The van der Waals surface area contributed by atoms with Crippen molar-refractivity contribution in [2.45, 2.75) is 39.8 Å². The van der Waals surface area contributed by atoms with E-state index in [0.717, 1.165) is 0 Å². The summed E-state index contributed by atoms with van der Waals surface area (Å²) in [5.74, 6) is -0.930. The van der Waals surface area contributed by atoms with E-state index in [-0.39, 0.29) is 24.4 Å². The van der Waals surface area contributed by atoms with Gasteiger partial charge in [-0.05, 0) is 5.41 Å². The van der Waals surface area contributed by atoms with Crippen molar-refractivity contribution in [3.63, 3.8) is 0 Å². The van der Waals surface area contributed by atoms with Gasteiger partial charge in [0, 0.05) is 32.6 Å². The quantitative estimate of drug-likeness (QED) is 0.782. The van der Waals surface area contributed by atoms with Gasteiger partial charge in [-0.1, -0.05) is 20.8 Å². The molecular formula is C13H21F3N2O2. The van der Waals surface area contributed by atoms with Crippen LogP contribution in [0.3, 0.4) is 0 Å². The smallest absolute Gasteiger partial charge is 0.339 e. The molecule has 0 atom stereocenters. The molecule has 0 radical (unpaired) electrons. The van der Waals surface area contributed by atoms with Crippen LogP contribution < -0.4 is 0 Å². The Morgan fingerprint density at radius 3 is 1.50 bits per heavy atom. The Bertz CT molecular complexity index is 331. The predicted octanol–water partition coefficient (Wildman–Crippen LogP) is 2.05. The number of piperazine rings is 1. The number of carbonyl (C=O) groups is 2. The van der Waals surface area contributed by atoms with Crippen LogP contribution in [0.15, 0.2) is 0 Å². The van der Waals surface area contributed by atoms with Crippen LogP contribution in [0.1, 0.15) is 33.6 Å². The summed E-state index contributed by atoms with van der Waals surface area (Å²) in [4.78, 5) is 26.2. The van der Waals surface area contributed by atoms with E-state index in [1.807, 2.05) is 20.8 Å². The van der Waals surface area contributed by atoms with Gasteiger partial charge in [0.15, 0.2) is 0 Å². The maximum absolute atomic E-state index is 12.1. The number of hydrogen-bond acceptors (Lipinski definition) is 2. The number of amides is 2. The first-order chi connectivity index (χ1) is 8.98. The fraction of sp³-hybridized carbons (Fsp3) is 0.846. The van der Waals surface area contributed by atoms with Crippen LogP contribution in [0.4, 0.5) is 13.2 Å². The van der Waals surface area contributed by atoms with Crippen LogP contribution in [0.2, 0.25) is 0 Å². The maximum atomic E-state index is 12.1. The summed E-state index contributed by atoms with van der Waals surface area (Å²) in [7, 11) is 0. The average molecular weight is 294 g/mol. The van der Waals surface area contributed by atoms with Crippen molar-refractivity contribution in [3.8, 4) is 0 Å². The van der Waals surface area contributed by atoms with E-state index < -0.39 is 18.5 Å². The van der Waals surface area contributed by atoms with Gasteiger partial charge in [0.25, 0.3) is 0 Å². The average Bonchev–Trinajstić information content (AvgIpc) is 2.24. The second kappa shape index (κ2) is 6.01. The van der Waals surface area contributed by atoms with Crippen molar-refractivity contribution in [3.05, 3.63) is 0 Å². The van der Waals surface area contributed by atoms with Crippen LogP contribution in [0.5, 0.6) is 0 Å². The molecule has 2 amide bonds. The molecule has 20 heavy (non-hydrogen) atoms. The minimum atomic E-state index is -4.48. The zero-order valence-corrected chi connectivity index (χ0v) is 12.1. The van der Waals surface area contributed by atoms with Gasteiger partial charge in [-0.3, -0.25) is 9.59 Å². The van der Waals surface area contributed by atoms with Gasteiger partial charge in [0.1, 0.15) is 6.42 Å². The zero-order valence-electron chi connectivity index (χ0n) is 12.1. The lowest BCUT2D eigenvalue weighted by Crippen LogP contribution is -2.51. The van der Waals surface area contributed by atoms with Gasteiger partial charge in [-0.25, -0.2) is 0 Å². The number of rotatable bonds is 2. The molecule has 0 saturated carbocycles. The molecule has 0 spiro atoms. The van der Waals surface area contributed by atoms with Gasteiger partial charge in [-0.15, -0.1) is 0 Å². The highest BCUT2D eigenvalue weighted by molar-refractivity contribution is 5.79. The minimum Gasteiger partial charge on any atom is -0.339 e. The van der Waals surface area contributed by atoms with Gasteiger partial charge in [-0.2, -0.15) is 13.2 Å². The molecule has 1 rings (SSSR count). The highest BCUT2D eigenvalue weighted by Gasteiger charge is 2.35. The Balaban J connectivity index is 2.44. The van der Waals surface area contributed by atoms with Crippen molar-refractivity contribution >= 4 is 11.8 Å². The third-order valence-corrected chi connectivity index (χ3v) is 3.02. The molecule has 0 unspecified atom stereocenters. The van der Waals surface area contributed by atoms with Gasteiger partial charge < -0.3 is 9.80 Å². The van der Waals surface area contributed by atoms with Crippen molar-refractivity contribution in [2.75, 3.05) is 26.2 Å². The van der Waals surface area contributed by atoms with Crippen LogP contribution in [0.25, 0.3) is 0 Å². The molecule has 1 aliphatic rings. The molecule has 0 N–H and O–H groups in total. The van der Waals surface area contributed by atoms with Gasteiger partial charge in [0.05, 0.1) is 0 Å². The minimum absolute atomic E-state index is 0.0135. The van der Waals surface area contributed by atoms with Gasteiger partial charge in [0.2, 0.25) is 11.8 Å². The number of alkyl halides is 3. The third-order valence-electron chi connectivity index (χ3n) is 3.02. The monoisotopic (exact) mass is 294 g/mol. The Morgan fingerprint density at radius 2 is 1.20 bits per heavy atom. The molecule has 0 aromatic rings. The summed E-state index contributed by atoms with van der Waals surface area (Å²) in [5.41, 5.74) is -0.125. The topological polar surface area (TPSA) is 40.6 Å². The van der Waals surface area contributed by atoms with E-state index in [1.54, 1.807) is 4.90 Å². The predicted molar refractivity (Wildman–Crippen MR) is 67.9 cm³/mol. The van der Waals surface area contributed by atoms with E-state index in [9.17, 15) is 22.8 Å².